The number of anilines is 1. The van der Waals surface area contributed by atoms with Crippen molar-refractivity contribution >= 4 is 15.7 Å². The Kier molecular flexibility index (Phi) is 5.22. The summed E-state index contributed by atoms with van der Waals surface area (Å²) in [6, 6.07) is 1.72. The topological polar surface area (TPSA) is 71.1 Å². The van der Waals surface area contributed by atoms with Gasteiger partial charge in [-0.15, -0.1) is 0 Å². The minimum atomic E-state index is -3.54. The lowest BCUT2D eigenvalue weighted by Gasteiger charge is -2.21. The van der Waals surface area contributed by atoms with Crippen molar-refractivity contribution in [2.24, 2.45) is 11.8 Å². The van der Waals surface area contributed by atoms with Crippen molar-refractivity contribution in [1.82, 2.24) is 9.71 Å². The lowest BCUT2D eigenvalue weighted by Crippen LogP contribution is -2.37. The van der Waals surface area contributed by atoms with Crippen LogP contribution in [-0.4, -0.2) is 26.0 Å². The Labute approximate surface area is 127 Å². The maximum absolute atomic E-state index is 12.6. The number of hydrogen-bond donors (Lipinski definition) is 2. The van der Waals surface area contributed by atoms with E-state index in [1.165, 1.54) is 6.20 Å². The molecule has 1 saturated carbocycles. The Morgan fingerprint density at radius 2 is 2.10 bits per heavy atom. The summed E-state index contributed by atoms with van der Waals surface area (Å²) in [6.45, 7) is 6.92. The van der Waals surface area contributed by atoms with Crippen LogP contribution in [0, 0.1) is 11.8 Å². The first-order valence-electron chi connectivity index (χ1n) is 7.69. The van der Waals surface area contributed by atoms with E-state index in [4.69, 9.17) is 0 Å². The van der Waals surface area contributed by atoms with Crippen LogP contribution in [0.25, 0.3) is 0 Å². The first kappa shape index (κ1) is 16.2. The van der Waals surface area contributed by atoms with Crippen LogP contribution in [0.3, 0.4) is 0 Å². The molecule has 6 heteroatoms. The van der Waals surface area contributed by atoms with Crippen molar-refractivity contribution in [3.63, 3.8) is 0 Å². The van der Waals surface area contributed by atoms with Crippen LogP contribution in [0.5, 0.6) is 0 Å². The molecule has 0 spiro atoms. The highest BCUT2D eigenvalue weighted by Crippen LogP contribution is 2.35. The largest absolute Gasteiger partial charge is 0.384 e. The zero-order valence-corrected chi connectivity index (χ0v) is 13.8. The molecule has 0 radical (unpaired) electrons. The van der Waals surface area contributed by atoms with E-state index in [1.54, 1.807) is 12.3 Å². The van der Waals surface area contributed by atoms with Crippen molar-refractivity contribution in [3.05, 3.63) is 18.5 Å². The van der Waals surface area contributed by atoms with Crippen LogP contribution in [0.2, 0.25) is 0 Å². The summed E-state index contributed by atoms with van der Waals surface area (Å²) >= 11 is 0. The fraction of sp³-hybridized carbons (Fsp3) is 0.667. The quantitative estimate of drug-likeness (QED) is 0.847. The van der Waals surface area contributed by atoms with Crippen LogP contribution in [0.1, 0.15) is 40.0 Å². The lowest BCUT2D eigenvalue weighted by molar-refractivity contribution is 0.368. The smallest absolute Gasteiger partial charge is 0.244 e. The summed E-state index contributed by atoms with van der Waals surface area (Å²) in [5, 5.41) is 3.08. The molecule has 2 N–H and O–H groups in total. The number of aromatic nitrogens is 1. The fourth-order valence-electron chi connectivity index (χ4n) is 3.18. The molecular formula is C15H25N3O2S. The van der Waals surface area contributed by atoms with E-state index in [1.807, 2.05) is 6.92 Å². The maximum atomic E-state index is 12.6. The lowest BCUT2D eigenvalue weighted by atomic mass is 9.94. The third kappa shape index (κ3) is 3.55. The minimum Gasteiger partial charge on any atom is -0.384 e. The van der Waals surface area contributed by atoms with Gasteiger partial charge in [-0.1, -0.05) is 20.3 Å². The van der Waals surface area contributed by atoms with Crippen molar-refractivity contribution in [3.8, 4) is 0 Å². The molecule has 0 amide bonds. The van der Waals surface area contributed by atoms with E-state index < -0.39 is 10.0 Å². The summed E-state index contributed by atoms with van der Waals surface area (Å²) in [4.78, 5) is 4.19. The van der Waals surface area contributed by atoms with E-state index >= 15 is 0 Å². The molecule has 3 atom stereocenters. The third-order valence-electron chi connectivity index (χ3n) is 4.50. The molecule has 1 aromatic rings. The monoisotopic (exact) mass is 311 g/mol. The van der Waals surface area contributed by atoms with Gasteiger partial charge in [-0.3, -0.25) is 4.98 Å². The van der Waals surface area contributed by atoms with Gasteiger partial charge in [0.2, 0.25) is 10.0 Å². The summed E-state index contributed by atoms with van der Waals surface area (Å²) in [7, 11) is -3.54. The normalized spacial score (nSPS) is 26.0. The molecule has 0 aromatic carbocycles. The van der Waals surface area contributed by atoms with E-state index in [0.29, 0.717) is 24.1 Å². The fourth-order valence-corrected chi connectivity index (χ4v) is 4.67. The van der Waals surface area contributed by atoms with Crippen LogP contribution < -0.4 is 10.0 Å². The summed E-state index contributed by atoms with van der Waals surface area (Å²) in [5.74, 6) is 0.990. The number of sulfonamides is 1. The molecule has 0 aliphatic heterocycles. The molecule has 5 nitrogen and oxygen atoms in total. The molecule has 118 valence electrons. The molecule has 3 unspecified atom stereocenters. The van der Waals surface area contributed by atoms with Crippen molar-refractivity contribution in [2.75, 3.05) is 11.9 Å². The van der Waals surface area contributed by atoms with E-state index in [2.05, 4.69) is 28.9 Å². The van der Waals surface area contributed by atoms with E-state index in [0.717, 1.165) is 19.3 Å². The SMILES string of the molecule is CCNc1ccncc1S(=O)(=O)NC1CCC(CC)C1C. The van der Waals surface area contributed by atoms with Gasteiger partial charge in [-0.05, 0) is 37.7 Å². The van der Waals surface area contributed by atoms with Crippen LogP contribution >= 0.6 is 0 Å². The van der Waals surface area contributed by atoms with E-state index in [9.17, 15) is 8.42 Å². The van der Waals surface area contributed by atoms with Gasteiger partial charge in [0.15, 0.2) is 0 Å². The third-order valence-corrected chi connectivity index (χ3v) is 6.02. The minimum absolute atomic E-state index is 0.0228. The molecule has 1 aliphatic rings. The highest BCUT2D eigenvalue weighted by atomic mass is 32.2. The number of pyridine rings is 1. The molecule has 2 rings (SSSR count). The first-order valence-corrected chi connectivity index (χ1v) is 9.18. The zero-order valence-electron chi connectivity index (χ0n) is 13.0. The van der Waals surface area contributed by atoms with Gasteiger partial charge in [0.05, 0.1) is 5.69 Å². The molecule has 21 heavy (non-hydrogen) atoms. The molecule has 1 aliphatic carbocycles. The molecule has 1 heterocycles. The predicted molar refractivity (Wildman–Crippen MR) is 84.7 cm³/mol. The second kappa shape index (κ2) is 6.75. The molecule has 1 aromatic heterocycles. The van der Waals surface area contributed by atoms with Gasteiger partial charge in [-0.2, -0.15) is 0 Å². The van der Waals surface area contributed by atoms with Gasteiger partial charge < -0.3 is 5.32 Å². The van der Waals surface area contributed by atoms with Crippen molar-refractivity contribution < 1.29 is 8.42 Å². The Balaban J connectivity index is 2.20. The van der Waals surface area contributed by atoms with Crippen molar-refractivity contribution in [2.45, 2.75) is 51.0 Å². The number of nitrogens with one attached hydrogen (secondary N) is 2. The summed E-state index contributed by atoms with van der Waals surface area (Å²) in [5.41, 5.74) is 0.609. The Morgan fingerprint density at radius 3 is 2.71 bits per heavy atom. The van der Waals surface area contributed by atoms with Gasteiger partial charge >= 0.3 is 0 Å². The molecule has 1 fully saturated rings. The predicted octanol–water partition coefficient (Wildman–Crippen LogP) is 2.62. The summed E-state index contributed by atoms with van der Waals surface area (Å²) < 4.78 is 28.1. The van der Waals surface area contributed by atoms with Gasteiger partial charge in [0.25, 0.3) is 0 Å². The second-order valence-corrected chi connectivity index (χ2v) is 7.42. The summed E-state index contributed by atoms with van der Waals surface area (Å²) in [6.07, 6.45) is 6.13. The zero-order chi connectivity index (χ0) is 15.5. The van der Waals surface area contributed by atoms with Gasteiger partial charge in [0, 0.05) is 25.0 Å². The Morgan fingerprint density at radius 1 is 1.33 bits per heavy atom. The highest BCUT2D eigenvalue weighted by Gasteiger charge is 2.35. The van der Waals surface area contributed by atoms with E-state index in [-0.39, 0.29) is 10.9 Å². The van der Waals surface area contributed by atoms with Gasteiger partial charge in [-0.25, -0.2) is 13.1 Å². The standard InChI is InChI=1S/C15H25N3O2S/c1-4-12-6-7-13(11(12)3)18-21(19,20)15-10-16-9-8-14(15)17-5-2/h8-13,18H,4-7H2,1-3H3,(H,16,17). The van der Waals surface area contributed by atoms with Crippen LogP contribution in [0.4, 0.5) is 5.69 Å². The van der Waals surface area contributed by atoms with Crippen LogP contribution in [0.15, 0.2) is 23.4 Å². The van der Waals surface area contributed by atoms with Crippen LogP contribution in [-0.2, 0) is 10.0 Å². The maximum Gasteiger partial charge on any atom is 0.244 e. The number of nitrogens with zero attached hydrogens (tertiary/aromatic N) is 1. The Hall–Kier alpha value is -1.14. The van der Waals surface area contributed by atoms with Gasteiger partial charge in [0.1, 0.15) is 4.90 Å². The van der Waals surface area contributed by atoms with Crippen molar-refractivity contribution in [1.29, 1.82) is 0 Å². The molecule has 0 bridgehead atoms. The number of hydrogen-bond acceptors (Lipinski definition) is 4. The molecular weight excluding hydrogens is 286 g/mol. The Bertz CT molecular complexity index is 574. The first-order chi connectivity index (χ1) is 9.99. The average molecular weight is 311 g/mol. The average Bonchev–Trinajstić information content (AvgIpc) is 2.80. The number of rotatable bonds is 6. The second-order valence-electron chi connectivity index (χ2n) is 5.73. The molecule has 0 saturated heterocycles. The highest BCUT2D eigenvalue weighted by molar-refractivity contribution is 7.89.